The summed E-state index contributed by atoms with van der Waals surface area (Å²) in [4.78, 5) is 59.5. The van der Waals surface area contributed by atoms with Crippen LogP contribution in [0.3, 0.4) is 0 Å². The van der Waals surface area contributed by atoms with Crippen LogP contribution in [0.25, 0.3) is 0 Å². The maximum Gasteiger partial charge on any atom is 0.326 e. The normalized spacial score (nSPS) is 13.3. The van der Waals surface area contributed by atoms with Crippen molar-refractivity contribution in [1.29, 1.82) is 0 Å². The molecule has 0 bridgehead atoms. The molecule has 12 heteroatoms. The van der Waals surface area contributed by atoms with E-state index in [2.05, 4.69) is 16.0 Å². The summed E-state index contributed by atoms with van der Waals surface area (Å²) in [5.74, 6) is -4.08. The predicted octanol–water partition coefficient (Wildman–Crippen LogP) is -2.27. The summed E-state index contributed by atoms with van der Waals surface area (Å²) in [5, 5.41) is 16.4. The van der Waals surface area contributed by atoms with Gasteiger partial charge in [0.25, 0.3) is 0 Å². The second-order valence-electron chi connectivity index (χ2n) is 7.49. The Morgan fingerprint density at radius 1 is 0.939 bits per heavy atom. The van der Waals surface area contributed by atoms with Gasteiger partial charge in [-0.15, -0.1) is 0 Å². The number of aliphatic carboxylic acids is 1. The number of unbranched alkanes of at least 4 members (excludes halogenated alkanes) is 1. The zero-order chi connectivity index (χ0) is 24.8. The van der Waals surface area contributed by atoms with E-state index in [1.165, 1.54) is 0 Å². The topological polar surface area (TPSA) is 220 Å². The maximum atomic E-state index is 12.7. The van der Waals surface area contributed by atoms with E-state index in [0.717, 1.165) is 5.56 Å². The molecular formula is C21H32N6O6. The first kappa shape index (κ1) is 27.5. The quantitative estimate of drug-likeness (QED) is 0.140. The number of rotatable bonds is 15. The van der Waals surface area contributed by atoms with Crippen LogP contribution in [-0.4, -0.2) is 65.9 Å². The van der Waals surface area contributed by atoms with E-state index >= 15 is 0 Å². The Morgan fingerprint density at radius 2 is 1.61 bits per heavy atom. The van der Waals surface area contributed by atoms with Crippen LogP contribution in [0.15, 0.2) is 30.3 Å². The molecule has 1 rings (SSSR count). The second kappa shape index (κ2) is 14.5. The van der Waals surface area contributed by atoms with Crippen molar-refractivity contribution in [3.8, 4) is 0 Å². The molecule has 4 amide bonds. The monoisotopic (exact) mass is 464 g/mol. The highest BCUT2D eigenvalue weighted by molar-refractivity contribution is 5.94. The number of nitrogens with two attached hydrogens (primary N) is 3. The van der Waals surface area contributed by atoms with E-state index in [1.807, 2.05) is 0 Å². The molecule has 0 radical (unpaired) electrons. The third kappa shape index (κ3) is 11.1. The zero-order valence-electron chi connectivity index (χ0n) is 18.3. The van der Waals surface area contributed by atoms with Crippen LogP contribution in [0.4, 0.5) is 0 Å². The minimum Gasteiger partial charge on any atom is -0.480 e. The lowest BCUT2D eigenvalue weighted by molar-refractivity contribution is -0.142. The van der Waals surface area contributed by atoms with Gasteiger partial charge in [-0.25, -0.2) is 4.79 Å². The van der Waals surface area contributed by atoms with Crippen LogP contribution in [0, 0.1) is 0 Å². The predicted molar refractivity (Wildman–Crippen MR) is 119 cm³/mol. The third-order valence-corrected chi connectivity index (χ3v) is 4.68. The molecular weight excluding hydrogens is 432 g/mol. The summed E-state index contributed by atoms with van der Waals surface area (Å²) in [6.45, 7) is -0.0814. The molecule has 0 spiro atoms. The summed E-state index contributed by atoms with van der Waals surface area (Å²) >= 11 is 0. The van der Waals surface area contributed by atoms with Crippen molar-refractivity contribution in [2.24, 2.45) is 17.2 Å². The molecule has 0 aliphatic heterocycles. The van der Waals surface area contributed by atoms with Gasteiger partial charge in [0.05, 0.1) is 19.0 Å². The number of hydrogen-bond acceptors (Lipinski definition) is 7. The van der Waals surface area contributed by atoms with E-state index in [9.17, 15) is 29.1 Å². The molecule has 0 aliphatic rings. The van der Waals surface area contributed by atoms with E-state index in [4.69, 9.17) is 17.2 Å². The Labute approximate surface area is 191 Å². The van der Waals surface area contributed by atoms with E-state index in [-0.39, 0.29) is 12.8 Å². The molecule has 182 valence electrons. The number of benzene rings is 1. The fourth-order valence-corrected chi connectivity index (χ4v) is 2.93. The number of amides is 4. The van der Waals surface area contributed by atoms with Crippen LogP contribution in [0.2, 0.25) is 0 Å². The molecule has 1 aromatic rings. The van der Waals surface area contributed by atoms with Crippen LogP contribution in [-0.2, 0) is 30.4 Å². The first-order valence-corrected chi connectivity index (χ1v) is 10.5. The molecule has 1 aromatic carbocycles. The molecule has 0 saturated heterocycles. The Hall–Kier alpha value is -3.51. The van der Waals surface area contributed by atoms with E-state index in [0.29, 0.717) is 19.4 Å². The van der Waals surface area contributed by atoms with Gasteiger partial charge in [0.2, 0.25) is 23.6 Å². The van der Waals surface area contributed by atoms with Crippen LogP contribution >= 0.6 is 0 Å². The molecule has 0 saturated carbocycles. The highest BCUT2D eigenvalue weighted by Crippen LogP contribution is 2.05. The van der Waals surface area contributed by atoms with Crippen molar-refractivity contribution >= 4 is 29.6 Å². The van der Waals surface area contributed by atoms with Crippen molar-refractivity contribution in [3.05, 3.63) is 35.9 Å². The van der Waals surface area contributed by atoms with Crippen molar-refractivity contribution in [1.82, 2.24) is 16.0 Å². The standard InChI is InChI=1S/C21H32N6O6/c22-9-5-4-8-15(21(32)33)26-18(29)12-25-20(31)16(10-13-6-2-1-3-7-13)27-19(30)14(23)11-17(24)28/h1-3,6-7,14-16H,4-5,8-12,22-23H2,(H2,24,28)(H,25,31)(H,26,29)(H,27,30)(H,32,33). The van der Waals surface area contributed by atoms with Crippen LogP contribution in [0.1, 0.15) is 31.2 Å². The first-order chi connectivity index (χ1) is 15.6. The first-order valence-electron chi connectivity index (χ1n) is 10.5. The summed E-state index contributed by atoms with van der Waals surface area (Å²) in [5.41, 5.74) is 16.8. The van der Waals surface area contributed by atoms with Gasteiger partial charge >= 0.3 is 5.97 Å². The fraction of sp³-hybridized carbons (Fsp3) is 0.476. The Bertz CT molecular complexity index is 819. The molecule has 12 nitrogen and oxygen atoms in total. The van der Waals surface area contributed by atoms with Crippen LogP contribution in [0.5, 0.6) is 0 Å². The van der Waals surface area contributed by atoms with Crippen molar-refractivity contribution in [2.75, 3.05) is 13.1 Å². The van der Waals surface area contributed by atoms with Gasteiger partial charge in [0.15, 0.2) is 0 Å². The van der Waals surface area contributed by atoms with E-state index in [1.54, 1.807) is 30.3 Å². The number of nitrogens with one attached hydrogen (secondary N) is 3. The highest BCUT2D eigenvalue weighted by atomic mass is 16.4. The summed E-state index contributed by atoms with van der Waals surface area (Å²) < 4.78 is 0. The molecule has 0 aliphatic carbocycles. The Balaban J connectivity index is 2.75. The lowest BCUT2D eigenvalue weighted by atomic mass is 10.0. The molecule has 0 fully saturated rings. The van der Waals surface area contributed by atoms with Crippen LogP contribution < -0.4 is 33.2 Å². The lowest BCUT2D eigenvalue weighted by Gasteiger charge is -2.21. The number of carboxylic acids is 1. The van der Waals surface area contributed by atoms with E-state index < -0.39 is 60.7 Å². The number of hydrogen-bond donors (Lipinski definition) is 7. The van der Waals surface area contributed by atoms with Gasteiger partial charge in [0, 0.05) is 6.42 Å². The largest absolute Gasteiger partial charge is 0.480 e. The molecule has 0 aromatic heterocycles. The van der Waals surface area contributed by atoms with Gasteiger partial charge < -0.3 is 38.3 Å². The Kier molecular flexibility index (Phi) is 12.1. The van der Waals surface area contributed by atoms with Gasteiger partial charge in [0.1, 0.15) is 12.1 Å². The minimum atomic E-state index is -1.23. The third-order valence-electron chi connectivity index (χ3n) is 4.68. The second-order valence-corrected chi connectivity index (χ2v) is 7.49. The van der Waals surface area contributed by atoms with Crippen molar-refractivity contribution < 1.29 is 29.1 Å². The summed E-state index contributed by atoms with van der Waals surface area (Å²) in [6.07, 6.45) is 1.05. The lowest BCUT2D eigenvalue weighted by Crippen LogP contribution is -2.54. The molecule has 33 heavy (non-hydrogen) atoms. The SMILES string of the molecule is NCCCCC(NC(=O)CNC(=O)C(Cc1ccccc1)NC(=O)C(N)CC(N)=O)C(=O)O. The smallest absolute Gasteiger partial charge is 0.326 e. The van der Waals surface area contributed by atoms with Gasteiger partial charge in [-0.2, -0.15) is 0 Å². The van der Waals surface area contributed by atoms with Gasteiger partial charge in [-0.1, -0.05) is 30.3 Å². The zero-order valence-corrected chi connectivity index (χ0v) is 18.3. The van der Waals surface area contributed by atoms with Gasteiger partial charge in [-0.3, -0.25) is 19.2 Å². The Morgan fingerprint density at radius 3 is 2.18 bits per heavy atom. The molecule has 3 unspecified atom stereocenters. The summed E-state index contributed by atoms with van der Waals surface area (Å²) in [7, 11) is 0. The fourth-order valence-electron chi connectivity index (χ4n) is 2.93. The van der Waals surface area contributed by atoms with Crippen molar-refractivity contribution in [3.63, 3.8) is 0 Å². The molecule has 0 heterocycles. The van der Waals surface area contributed by atoms with Gasteiger partial charge in [-0.05, 0) is 31.4 Å². The average molecular weight is 465 g/mol. The highest BCUT2D eigenvalue weighted by Gasteiger charge is 2.26. The van der Waals surface area contributed by atoms with Crippen molar-refractivity contribution in [2.45, 2.75) is 50.2 Å². The number of carbonyl (C=O) groups is 5. The summed E-state index contributed by atoms with van der Waals surface area (Å²) in [6, 6.07) is 5.38. The molecule has 10 N–H and O–H groups in total. The average Bonchev–Trinajstić information content (AvgIpc) is 2.76. The minimum absolute atomic E-state index is 0.0974. The number of carbonyl (C=O) groups excluding carboxylic acids is 4. The number of primary amides is 1. The molecule has 3 atom stereocenters. The number of carboxylic acid groups (broad SMARTS) is 1. The maximum absolute atomic E-state index is 12.7.